The molecular formula is C24H20ClN5O3S. The highest BCUT2D eigenvalue weighted by atomic mass is 35.5. The molecule has 4 aromatic rings. The molecule has 3 aromatic carbocycles. The van der Waals surface area contributed by atoms with Crippen LogP contribution in [0.5, 0.6) is 5.75 Å². The monoisotopic (exact) mass is 493 g/mol. The summed E-state index contributed by atoms with van der Waals surface area (Å²) in [6, 6.07) is 23.5. The summed E-state index contributed by atoms with van der Waals surface area (Å²) < 4.78 is 7.36. The number of para-hydroxylation sites is 2. The highest BCUT2D eigenvalue weighted by molar-refractivity contribution is 7.99. The number of hydrazine groups is 1. The third-order valence-corrected chi connectivity index (χ3v) is 5.93. The van der Waals surface area contributed by atoms with Gasteiger partial charge in [-0.2, -0.15) is 0 Å². The average Bonchev–Trinajstić information content (AvgIpc) is 3.30. The number of hydrogen-bond donors (Lipinski definition) is 2. The summed E-state index contributed by atoms with van der Waals surface area (Å²) in [4.78, 5) is 24.6. The Balaban J connectivity index is 1.50. The van der Waals surface area contributed by atoms with Gasteiger partial charge in [-0.25, -0.2) is 0 Å². The average molecular weight is 494 g/mol. The van der Waals surface area contributed by atoms with Gasteiger partial charge in [0.2, 0.25) is 5.91 Å². The van der Waals surface area contributed by atoms with Crippen molar-refractivity contribution in [3.05, 3.63) is 89.4 Å². The molecule has 0 saturated heterocycles. The van der Waals surface area contributed by atoms with Gasteiger partial charge in [-0.3, -0.25) is 25.0 Å². The van der Waals surface area contributed by atoms with Gasteiger partial charge in [0, 0.05) is 16.3 Å². The van der Waals surface area contributed by atoms with Crippen LogP contribution >= 0.6 is 23.4 Å². The van der Waals surface area contributed by atoms with Crippen molar-refractivity contribution in [1.82, 2.24) is 25.6 Å². The molecule has 4 rings (SSSR count). The number of carbonyl (C=O) groups is 2. The van der Waals surface area contributed by atoms with Crippen LogP contribution < -0.4 is 15.6 Å². The van der Waals surface area contributed by atoms with E-state index in [1.54, 1.807) is 31.4 Å². The summed E-state index contributed by atoms with van der Waals surface area (Å²) in [5.74, 6) is 0.418. The number of nitrogens with one attached hydrogen (secondary N) is 2. The quantitative estimate of drug-likeness (QED) is 0.296. The Hall–Kier alpha value is -3.82. The fourth-order valence-electron chi connectivity index (χ4n) is 3.14. The maximum Gasteiger partial charge on any atom is 0.269 e. The van der Waals surface area contributed by atoms with Crippen molar-refractivity contribution in [2.75, 3.05) is 12.9 Å². The van der Waals surface area contributed by atoms with Crippen LogP contribution in [-0.4, -0.2) is 39.4 Å². The van der Waals surface area contributed by atoms with Crippen LogP contribution in [0.3, 0.4) is 0 Å². The Morgan fingerprint density at radius 1 is 0.941 bits per heavy atom. The fourth-order valence-corrected chi connectivity index (χ4v) is 4.02. The molecule has 10 heteroatoms. The first kappa shape index (κ1) is 23.3. The van der Waals surface area contributed by atoms with E-state index in [1.807, 2.05) is 59.2 Å². The van der Waals surface area contributed by atoms with E-state index in [1.165, 1.54) is 11.8 Å². The molecule has 0 bridgehead atoms. The van der Waals surface area contributed by atoms with Gasteiger partial charge in [-0.05, 0) is 48.5 Å². The minimum absolute atomic E-state index is 0.0117. The van der Waals surface area contributed by atoms with Gasteiger partial charge >= 0.3 is 0 Å². The third kappa shape index (κ3) is 5.38. The molecule has 0 atom stereocenters. The molecule has 1 aromatic heterocycles. The van der Waals surface area contributed by atoms with Gasteiger partial charge in [0.25, 0.3) is 5.91 Å². The van der Waals surface area contributed by atoms with Gasteiger partial charge in [-0.1, -0.05) is 53.7 Å². The molecule has 0 aliphatic carbocycles. The third-order valence-electron chi connectivity index (χ3n) is 4.75. The lowest BCUT2D eigenvalue weighted by molar-refractivity contribution is -0.119. The van der Waals surface area contributed by atoms with Crippen LogP contribution in [0.25, 0.3) is 17.1 Å². The largest absolute Gasteiger partial charge is 0.496 e. The number of methoxy groups -OCH3 is 1. The second-order valence-corrected chi connectivity index (χ2v) is 8.35. The van der Waals surface area contributed by atoms with E-state index in [2.05, 4.69) is 21.0 Å². The minimum Gasteiger partial charge on any atom is -0.496 e. The van der Waals surface area contributed by atoms with E-state index < -0.39 is 11.8 Å². The van der Waals surface area contributed by atoms with E-state index in [-0.39, 0.29) is 5.75 Å². The number of rotatable bonds is 7. The second-order valence-electron chi connectivity index (χ2n) is 6.98. The van der Waals surface area contributed by atoms with Gasteiger partial charge in [0.1, 0.15) is 5.75 Å². The molecule has 1 heterocycles. The SMILES string of the molecule is COc1ccccc1-c1nnc(SCC(=O)NNC(=O)c2ccc(Cl)cc2)n1-c1ccccc1. The number of benzene rings is 3. The number of thioether (sulfide) groups is 1. The van der Waals surface area contributed by atoms with Gasteiger partial charge in [-0.15, -0.1) is 10.2 Å². The first-order valence-electron chi connectivity index (χ1n) is 10.2. The highest BCUT2D eigenvalue weighted by Gasteiger charge is 2.19. The molecule has 0 fully saturated rings. The van der Waals surface area contributed by atoms with E-state index in [0.29, 0.717) is 27.3 Å². The standard InChI is InChI=1S/C24H20ClN5O3S/c1-33-20-10-6-5-9-19(20)22-27-29-24(30(22)18-7-3-2-4-8-18)34-15-21(31)26-28-23(32)16-11-13-17(25)14-12-16/h2-14H,15H2,1H3,(H,26,31)(H,28,32). The van der Waals surface area contributed by atoms with Crippen molar-refractivity contribution < 1.29 is 14.3 Å². The zero-order valence-corrected chi connectivity index (χ0v) is 19.6. The van der Waals surface area contributed by atoms with Crippen LogP contribution in [0.4, 0.5) is 0 Å². The van der Waals surface area contributed by atoms with E-state index in [9.17, 15) is 9.59 Å². The number of amides is 2. The Bertz CT molecular complexity index is 1300. The van der Waals surface area contributed by atoms with Crippen LogP contribution in [0.2, 0.25) is 5.02 Å². The zero-order chi connectivity index (χ0) is 23.9. The molecule has 0 aliphatic rings. The molecule has 2 N–H and O–H groups in total. The normalized spacial score (nSPS) is 10.5. The first-order chi connectivity index (χ1) is 16.6. The summed E-state index contributed by atoms with van der Waals surface area (Å²) in [6.07, 6.45) is 0. The van der Waals surface area contributed by atoms with Gasteiger partial charge < -0.3 is 4.74 Å². The minimum atomic E-state index is -0.444. The summed E-state index contributed by atoms with van der Waals surface area (Å²) in [7, 11) is 1.60. The zero-order valence-electron chi connectivity index (χ0n) is 18.1. The highest BCUT2D eigenvalue weighted by Crippen LogP contribution is 2.33. The fraction of sp³-hybridized carbons (Fsp3) is 0.0833. The van der Waals surface area contributed by atoms with Gasteiger partial charge in [0.05, 0.1) is 18.4 Å². The topological polar surface area (TPSA) is 98.1 Å². The molecule has 8 nitrogen and oxygen atoms in total. The summed E-state index contributed by atoms with van der Waals surface area (Å²) in [6.45, 7) is 0. The van der Waals surface area contributed by atoms with Crippen LogP contribution in [0, 0.1) is 0 Å². The van der Waals surface area contributed by atoms with Crippen molar-refractivity contribution in [2.45, 2.75) is 5.16 Å². The van der Waals surface area contributed by atoms with Crippen LogP contribution in [0.15, 0.2) is 84.0 Å². The van der Waals surface area contributed by atoms with Crippen molar-refractivity contribution in [3.63, 3.8) is 0 Å². The molecular weight excluding hydrogens is 474 g/mol. The number of halogens is 1. The molecule has 0 saturated carbocycles. The molecule has 0 radical (unpaired) electrons. The summed E-state index contributed by atoms with van der Waals surface area (Å²) in [5, 5.41) is 9.72. The second kappa shape index (κ2) is 10.9. The molecule has 172 valence electrons. The van der Waals surface area contributed by atoms with Crippen molar-refractivity contribution in [3.8, 4) is 22.8 Å². The lowest BCUT2D eigenvalue weighted by Crippen LogP contribution is -2.42. The lowest BCUT2D eigenvalue weighted by Gasteiger charge is -2.12. The molecule has 2 amide bonds. The number of hydrogen-bond acceptors (Lipinski definition) is 6. The number of carbonyl (C=O) groups excluding carboxylic acids is 2. The Labute approximate surface area is 205 Å². The van der Waals surface area contributed by atoms with Crippen molar-refractivity contribution in [2.24, 2.45) is 0 Å². The number of aromatic nitrogens is 3. The summed E-state index contributed by atoms with van der Waals surface area (Å²) >= 11 is 7.03. The Kier molecular flexibility index (Phi) is 7.46. The molecule has 0 spiro atoms. The van der Waals surface area contributed by atoms with Crippen molar-refractivity contribution in [1.29, 1.82) is 0 Å². The predicted molar refractivity (Wildman–Crippen MR) is 131 cm³/mol. The smallest absolute Gasteiger partial charge is 0.269 e. The first-order valence-corrected chi connectivity index (χ1v) is 11.5. The van der Waals surface area contributed by atoms with E-state index in [4.69, 9.17) is 16.3 Å². The molecule has 0 aliphatic heterocycles. The van der Waals surface area contributed by atoms with E-state index >= 15 is 0 Å². The van der Waals surface area contributed by atoms with Crippen molar-refractivity contribution >= 4 is 35.2 Å². The number of ether oxygens (including phenoxy) is 1. The maximum atomic E-state index is 12.4. The maximum absolute atomic E-state index is 12.4. The number of nitrogens with zero attached hydrogens (tertiary/aromatic N) is 3. The molecule has 0 unspecified atom stereocenters. The molecule has 34 heavy (non-hydrogen) atoms. The van der Waals surface area contributed by atoms with Crippen LogP contribution in [-0.2, 0) is 4.79 Å². The van der Waals surface area contributed by atoms with E-state index in [0.717, 1.165) is 11.3 Å². The Morgan fingerprint density at radius 2 is 1.65 bits per heavy atom. The lowest BCUT2D eigenvalue weighted by atomic mass is 10.2. The van der Waals surface area contributed by atoms with Crippen LogP contribution in [0.1, 0.15) is 10.4 Å². The summed E-state index contributed by atoms with van der Waals surface area (Å²) in [5.41, 5.74) is 6.79. The predicted octanol–water partition coefficient (Wildman–Crippen LogP) is 4.15. The Morgan fingerprint density at radius 3 is 2.38 bits per heavy atom. The van der Waals surface area contributed by atoms with Gasteiger partial charge in [0.15, 0.2) is 11.0 Å².